The number of nitrogens with zero attached hydrogens (tertiary/aromatic N) is 1. The maximum absolute atomic E-state index is 12.9. The van der Waals surface area contributed by atoms with Crippen molar-refractivity contribution in [2.45, 2.75) is 23.8 Å². The highest BCUT2D eigenvalue weighted by atomic mass is 32.2. The summed E-state index contributed by atoms with van der Waals surface area (Å²) in [5, 5.41) is 2.46. The van der Waals surface area contributed by atoms with E-state index < -0.39 is 21.6 Å². The summed E-state index contributed by atoms with van der Waals surface area (Å²) in [5.41, 5.74) is 2.48. The smallest absolute Gasteiger partial charge is 0.257 e. The molecule has 1 N–H and O–H groups in total. The molecule has 138 valence electrons. The van der Waals surface area contributed by atoms with Gasteiger partial charge in [-0.1, -0.05) is 6.07 Å². The molecule has 0 aliphatic carbocycles. The fraction of sp³-hybridized carbons (Fsp3) is 0.100. The van der Waals surface area contributed by atoms with Crippen molar-refractivity contribution in [3.8, 4) is 0 Å². The number of sulfone groups is 1. The second-order valence-corrected chi connectivity index (χ2v) is 7.99. The number of halogens is 1. The monoisotopic (exact) mass is 384 g/mol. The molecule has 0 bridgehead atoms. The number of benzene rings is 2. The Hall–Kier alpha value is -3.06. The molecule has 0 saturated carbocycles. The molecule has 2 aromatic carbocycles. The first-order valence-corrected chi connectivity index (χ1v) is 9.61. The van der Waals surface area contributed by atoms with Crippen molar-refractivity contribution in [3.63, 3.8) is 0 Å². The lowest BCUT2D eigenvalue weighted by molar-refractivity contribution is 0.102. The van der Waals surface area contributed by atoms with Crippen LogP contribution in [0.4, 0.5) is 10.1 Å². The number of amides is 1. The van der Waals surface area contributed by atoms with E-state index in [-0.39, 0.29) is 15.5 Å². The van der Waals surface area contributed by atoms with Crippen LogP contribution in [0.15, 0.2) is 70.7 Å². The minimum Gasteiger partial charge on any atom is -0.322 e. The molecular formula is C20H17FN2O3S. The van der Waals surface area contributed by atoms with Crippen LogP contribution in [0, 0.1) is 19.7 Å². The van der Waals surface area contributed by atoms with Gasteiger partial charge < -0.3 is 5.32 Å². The largest absolute Gasteiger partial charge is 0.322 e. The summed E-state index contributed by atoms with van der Waals surface area (Å²) >= 11 is 0. The molecule has 1 amide bonds. The predicted molar refractivity (Wildman–Crippen MR) is 100.0 cm³/mol. The van der Waals surface area contributed by atoms with Crippen LogP contribution in [0.3, 0.4) is 0 Å². The van der Waals surface area contributed by atoms with Crippen molar-refractivity contribution in [3.05, 3.63) is 83.3 Å². The van der Waals surface area contributed by atoms with Crippen molar-refractivity contribution in [1.82, 2.24) is 4.98 Å². The summed E-state index contributed by atoms with van der Waals surface area (Å²) in [6.07, 6.45) is 1.20. The second kappa shape index (κ2) is 7.28. The van der Waals surface area contributed by atoms with E-state index in [2.05, 4.69) is 10.3 Å². The Kier molecular flexibility index (Phi) is 5.05. The van der Waals surface area contributed by atoms with Gasteiger partial charge in [-0.3, -0.25) is 4.79 Å². The first kappa shape index (κ1) is 18.7. The maximum Gasteiger partial charge on any atom is 0.257 e. The molecule has 0 aliphatic rings. The highest BCUT2D eigenvalue weighted by Gasteiger charge is 2.20. The SMILES string of the molecule is Cc1ccc(S(=O)(=O)c2ccc(C(=O)Nc3ccc(F)cc3)cn2)cc1C. The van der Waals surface area contributed by atoms with E-state index in [1.807, 2.05) is 13.8 Å². The van der Waals surface area contributed by atoms with E-state index in [0.717, 1.165) is 11.1 Å². The molecule has 0 radical (unpaired) electrons. The topological polar surface area (TPSA) is 76.1 Å². The molecule has 1 heterocycles. The van der Waals surface area contributed by atoms with Crippen LogP contribution in [-0.2, 0) is 9.84 Å². The standard InChI is InChI=1S/C20H17FN2O3S/c1-13-3-9-18(11-14(13)2)27(25,26)19-10-4-15(12-22-19)20(24)23-17-7-5-16(21)6-8-17/h3-12H,1-2H3,(H,23,24). The van der Waals surface area contributed by atoms with Gasteiger partial charge in [0, 0.05) is 11.9 Å². The quantitative estimate of drug-likeness (QED) is 0.740. The summed E-state index contributed by atoms with van der Waals surface area (Å²) in [7, 11) is -3.77. The van der Waals surface area contributed by atoms with Gasteiger partial charge in [0.25, 0.3) is 5.91 Å². The fourth-order valence-corrected chi connectivity index (χ4v) is 3.67. The molecule has 0 fully saturated rings. The Morgan fingerprint density at radius 2 is 1.67 bits per heavy atom. The van der Waals surface area contributed by atoms with E-state index >= 15 is 0 Å². The van der Waals surface area contributed by atoms with Gasteiger partial charge in [-0.05, 0) is 73.5 Å². The predicted octanol–water partition coefficient (Wildman–Crippen LogP) is 3.92. The maximum atomic E-state index is 12.9. The van der Waals surface area contributed by atoms with Crippen LogP contribution in [0.2, 0.25) is 0 Å². The van der Waals surface area contributed by atoms with E-state index in [1.165, 1.54) is 48.7 Å². The summed E-state index contributed by atoms with van der Waals surface area (Å²) in [6.45, 7) is 3.74. The van der Waals surface area contributed by atoms with Crippen LogP contribution in [0.25, 0.3) is 0 Å². The number of aryl methyl sites for hydroxylation is 2. The number of carbonyl (C=O) groups is 1. The number of nitrogens with one attached hydrogen (secondary N) is 1. The summed E-state index contributed by atoms with van der Waals surface area (Å²) in [6, 6.07) is 12.9. The Bertz CT molecular complexity index is 1090. The van der Waals surface area contributed by atoms with Crippen molar-refractivity contribution in [2.24, 2.45) is 0 Å². The zero-order valence-electron chi connectivity index (χ0n) is 14.7. The molecule has 3 rings (SSSR count). The third-order valence-corrected chi connectivity index (χ3v) is 5.83. The first-order chi connectivity index (χ1) is 12.8. The van der Waals surface area contributed by atoms with Crippen molar-refractivity contribution in [2.75, 3.05) is 5.32 Å². The summed E-state index contributed by atoms with van der Waals surface area (Å²) in [5.74, 6) is -0.875. The highest BCUT2D eigenvalue weighted by Crippen LogP contribution is 2.22. The van der Waals surface area contributed by atoms with Gasteiger partial charge in [0.2, 0.25) is 9.84 Å². The molecule has 3 aromatic rings. The number of aromatic nitrogens is 1. The minimum atomic E-state index is -3.77. The number of carbonyl (C=O) groups excluding carboxylic acids is 1. The van der Waals surface area contributed by atoms with Gasteiger partial charge in [-0.15, -0.1) is 0 Å². The molecule has 0 saturated heterocycles. The van der Waals surface area contributed by atoms with Gasteiger partial charge in [0.15, 0.2) is 5.03 Å². The van der Waals surface area contributed by atoms with Crippen molar-refractivity contribution in [1.29, 1.82) is 0 Å². The van der Waals surface area contributed by atoms with Gasteiger partial charge >= 0.3 is 0 Å². The normalized spacial score (nSPS) is 11.2. The van der Waals surface area contributed by atoms with Gasteiger partial charge in [-0.2, -0.15) is 0 Å². The van der Waals surface area contributed by atoms with E-state index in [9.17, 15) is 17.6 Å². The van der Waals surface area contributed by atoms with Gasteiger partial charge in [0.1, 0.15) is 5.82 Å². The second-order valence-electron chi connectivity index (χ2n) is 6.10. The van der Waals surface area contributed by atoms with E-state index in [1.54, 1.807) is 12.1 Å². The molecule has 0 atom stereocenters. The molecule has 27 heavy (non-hydrogen) atoms. The highest BCUT2D eigenvalue weighted by molar-refractivity contribution is 7.91. The Balaban J connectivity index is 1.82. The molecule has 7 heteroatoms. The lowest BCUT2D eigenvalue weighted by Crippen LogP contribution is -2.13. The number of pyridine rings is 1. The van der Waals surface area contributed by atoms with Gasteiger partial charge in [-0.25, -0.2) is 17.8 Å². The lowest BCUT2D eigenvalue weighted by Gasteiger charge is -2.08. The summed E-state index contributed by atoms with van der Waals surface area (Å²) < 4.78 is 38.3. The molecule has 0 unspecified atom stereocenters. The van der Waals surface area contributed by atoms with Crippen LogP contribution < -0.4 is 5.32 Å². The lowest BCUT2D eigenvalue weighted by atomic mass is 10.1. The Labute approximate surface area is 156 Å². The number of anilines is 1. The van der Waals surface area contributed by atoms with Crippen molar-refractivity contribution < 1.29 is 17.6 Å². The zero-order valence-corrected chi connectivity index (χ0v) is 15.5. The molecule has 1 aromatic heterocycles. The van der Waals surface area contributed by atoms with Crippen LogP contribution in [-0.4, -0.2) is 19.3 Å². The number of hydrogen-bond acceptors (Lipinski definition) is 4. The number of rotatable bonds is 4. The zero-order chi connectivity index (χ0) is 19.6. The molecule has 0 spiro atoms. The molecule has 5 nitrogen and oxygen atoms in total. The fourth-order valence-electron chi connectivity index (χ4n) is 2.41. The van der Waals surface area contributed by atoms with Crippen LogP contribution in [0.1, 0.15) is 21.5 Å². The third-order valence-electron chi connectivity index (χ3n) is 4.16. The van der Waals surface area contributed by atoms with E-state index in [0.29, 0.717) is 5.69 Å². The average molecular weight is 384 g/mol. The first-order valence-electron chi connectivity index (χ1n) is 8.13. The van der Waals surface area contributed by atoms with Crippen LogP contribution >= 0.6 is 0 Å². The molecule has 0 aliphatic heterocycles. The summed E-state index contributed by atoms with van der Waals surface area (Å²) in [4.78, 5) is 16.3. The molecular weight excluding hydrogens is 367 g/mol. The number of hydrogen-bond donors (Lipinski definition) is 1. The van der Waals surface area contributed by atoms with Crippen molar-refractivity contribution >= 4 is 21.4 Å². The Morgan fingerprint density at radius 1 is 0.963 bits per heavy atom. The Morgan fingerprint density at radius 3 is 2.26 bits per heavy atom. The van der Waals surface area contributed by atoms with Gasteiger partial charge in [0.05, 0.1) is 10.5 Å². The van der Waals surface area contributed by atoms with Crippen LogP contribution in [0.5, 0.6) is 0 Å². The minimum absolute atomic E-state index is 0.135. The third kappa shape index (κ3) is 4.03. The average Bonchev–Trinajstić information content (AvgIpc) is 2.66. The van der Waals surface area contributed by atoms with E-state index in [4.69, 9.17) is 0 Å².